The van der Waals surface area contributed by atoms with Crippen LogP contribution in [-0.2, 0) is 50.7 Å². The van der Waals surface area contributed by atoms with Crippen molar-refractivity contribution in [3.63, 3.8) is 0 Å². The van der Waals surface area contributed by atoms with E-state index in [1.807, 2.05) is 0 Å². The molecule has 2 amide bonds. The smallest absolute Gasteiger partial charge is 0.274 e. The van der Waals surface area contributed by atoms with Gasteiger partial charge in [0.15, 0.2) is 22.8 Å². The number of nitrogens with two attached hydrogens (primary N) is 1. The molecule has 25 nitrogen and oxygen atoms in total. The van der Waals surface area contributed by atoms with Gasteiger partial charge in [0.25, 0.3) is 15.6 Å². The van der Waals surface area contributed by atoms with E-state index in [4.69, 9.17) is 10.5 Å². The number of nitrogen functional groups attached to an aromatic ring is 1. The van der Waals surface area contributed by atoms with Crippen LogP contribution in [0.2, 0.25) is 0 Å². The summed E-state index contributed by atoms with van der Waals surface area (Å²) in [7, 11) is -17.6. The number of phosphoric acid groups is 3. The summed E-state index contributed by atoms with van der Waals surface area (Å²) in [5.41, 5.74) is 7.72. The lowest BCUT2D eigenvalue weighted by Crippen LogP contribution is -2.50. The van der Waals surface area contributed by atoms with Gasteiger partial charge in [0.1, 0.15) is 36.3 Å². The van der Waals surface area contributed by atoms with Gasteiger partial charge in [-0.05, 0) is 0 Å². The normalized spacial score (nSPS) is 22.0. The third-order valence-corrected chi connectivity index (χ3v) is 11.3. The van der Waals surface area contributed by atoms with Crippen LogP contribution < -0.4 is 41.7 Å². The molecule has 1 saturated heterocycles. The number of fused-ring (bicyclic) bond motifs is 1. The van der Waals surface area contributed by atoms with Crippen LogP contribution in [0.3, 0.4) is 0 Å². The number of rotatable bonds is 22. The second-order valence-electron chi connectivity index (χ2n) is 12.2. The van der Waals surface area contributed by atoms with Crippen LogP contribution in [0, 0.1) is 5.41 Å². The number of amides is 2. The minimum Gasteiger partial charge on any atom is -0.790 e. The van der Waals surface area contributed by atoms with Crippen molar-refractivity contribution >= 4 is 69.1 Å². The summed E-state index contributed by atoms with van der Waals surface area (Å²) in [6, 6.07) is 0. The number of thioether (sulfide) groups is 1. The number of nitrogens with zero attached hydrogens (tertiary/aromatic N) is 4. The topological polar surface area (TPSA) is 403 Å². The summed E-state index contributed by atoms with van der Waals surface area (Å²) < 4.78 is 60.4. The molecule has 306 valence electrons. The molecule has 0 saturated carbocycles. The van der Waals surface area contributed by atoms with Gasteiger partial charge in [0.05, 0.1) is 33.9 Å². The first-order valence-electron chi connectivity index (χ1n) is 15.8. The van der Waals surface area contributed by atoms with Crippen LogP contribution in [0.15, 0.2) is 12.7 Å². The van der Waals surface area contributed by atoms with E-state index < -0.39 is 84.6 Å². The molecule has 2 unspecified atom stereocenters. The average molecular weight is 850 g/mol. The highest BCUT2D eigenvalue weighted by Crippen LogP contribution is 2.56. The number of ether oxygens (including phenoxy) is 1. The Bertz CT molecular complexity index is 1770. The van der Waals surface area contributed by atoms with Gasteiger partial charge in [-0.15, -0.1) is 0 Å². The van der Waals surface area contributed by atoms with Gasteiger partial charge in [0, 0.05) is 43.5 Å². The Balaban J connectivity index is 1.50. The predicted molar refractivity (Wildman–Crippen MR) is 175 cm³/mol. The molecule has 2 aromatic rings. The molecule has 2 aromatic heterocycles. The Kier molecular flexibility index (Phi) is 16.7. The number of carbonyl (C=O) groups excluding carboxylic acids is 3. The van der Waals surface area contributed by atoms with Gasteiger partial charge in [0.2, 0.25) is 11.8 Å². The van der Waals surface area contributed by atoms with Crippen molar-refractivity contribution in [1.82, 2.24) is 30.2 Å². The van der Waals surface area contributed by atoms with Crippen molar-refractivity contribution in [3.05, 3.63) is 12.7 Å². The molecule has 1 fully saturated rings. The molecule has 29 heteroatoms. The lowest BCUT2D eigenvalue weighted by atomic mass is 9.87. The third-order valence-electron chi connectivity index (χ3n) is 7.37. The van der Waals surface area contributed by atoms with Crippen molar-refractivity contribution in [1.29, 1.82) is 0 Å². The lowest BCUT2D eigenvalue weighted by Gasteiger charge is -2.36. The van der Waals surface area contributed by atoms with Crippen molar-refractivity contribution in [2.45, 2.75) is 63.8 Å². The van der Waals surface area contributed by atoms with E-state index in [0.717, 1.165) is 29.0 Å². The molecule has 1 aliphatic heterocycles. The Labute approximate surface area is 311 Å². The number of hydrogen-bond donors (Lipinski definition) is 6. The monoisotopic (exact) mass is 849 g/mol. The second-order valence-corrected chi connectivity index (χ2v) is 17.4. The molecule has 7 atom stereocenters. The fourth-order valence-electron chi connectivity index (χ4n) is 4.61. The van der Waals surface area contributed by atoms with Crippen LogP contribution >= 0.6 is 35.2 Å². The van der Waals surface area contributed by atoms with Crippen LogP contribution in [0.25, 0.3) is 11.2 Å². The standard InChI is InChI=1S/C25H43N8O17P3S/c1-25(2,20(37)23(38)29-7-5-15(34)28-8-9-54-16(35)4-3-6-26)11-47-53(44,45)50-52(42,43)46-10-14-19(49-51(39,40)41)18(36)24(48-14)33-13-32-17-21(27)30-12-31-22(17)33/h12-14,18-20,24,36-37H,3-11,26H2,1-2H3,(H,28,34)(H,29,38)(H,42,43)(H,44,45)(H2,27,30,31)(H2,39,40,41)/p-3/t14-,18-,19-,20+,24-/m1/s1. The zero-order valence-electron chi connectivity index (χ0n) is 28.7. The number of anilines is 1. The first-order valence-corrected chi connectivity index (χ1v) is 21.2. The molecular formula is C25H40N8O17P3S-3. The van der Waals surface area contributed by atoms with Gasteiger partial charge in [-0.1, -0.05) is 25.6 Å². The molecule has 0 aromatic carbocycles. The van der Waals surface area contributed by atoms with Gasteiger partial charge in [-0.2, -0.15) is 0 Å². The van der Waals surface area contributed by atoms with Crippen molar-refractivity contribution in [2.75, 3.05) is 44.3 Å². The van der Waals surface area contributed by atoms with Crippen LogP contribution in [-0.4, -0.2) is 110 Å². The van der Waals surface area contributed by atoms with Crippen molar-refractivity contribution in [2.24, 2.45) is 5.41 Å². The number of aliphatic hydroxyl groups is 2. The molecule has 1 aliphatic rings. The Morgan fingerprint density at radius 3 is 2.44 bits per heavy atom. The van der Waals surface area contributed by atoms with E-state index in [2.05, 4.69) is 49.2 Å². The lowest BCUT2D eigenvalue weighted by molar-refractivity contribution is -0.368. The summed E-state index contributed by atoms with van der Waals surface area (Å²) in [5.74, 6) is -1.19. The molecule has 0 bridgehead atoms. The van der Waals surface area contributed by atoms with Crippen LogP contribution in [0.5, 0.6) is 0 Å². The summed E-state index contributed by atoms with van der Waals surface area (Å²) in [6.07, 6.45) is -6.52. The molecule has 9 N–H and O–H groups in total. The molecule has 0 spiro atoms. The number of carbonyl (C=O) groups is 3. The fourth-order valence-corrected chi connectivity index (χ4v) is 8.07. The average Bonchev–Trinajstić information content (AvgIpc) is 3.63. The van der Waals surface area contributed by atoms with Gasteiger partial charge >= 0.3 is 0 Å². The summed E-state index contributed by atoms with van der Waals surface area (Å²) in [6.45, 7) is 0.750. The zero-order chi connectivity index (χ0) is 40.5. The molecule has 3 heterocycles. The summed E-state index contributed by atoms with van der Waals surface area (Å²) in [5, 5.41) is 26.1. The first-order chi connectivity index (χ1) is 25.1. The summed E-state index contributed by atoms with van der Waals surface area (Å²) >= 11 is 1.07. The maximum absolute atomic E-state index is 12.5. The van der Waals surface area contributed by atoms with E-state index in [-0.39, 0.29) is 41.6 Å². The molecule has 0 radical (unpaired) electrons. The number of aromatic nitrogens is 4. The fraction of sp³-hybridized carbons (Fsp3) is 0.680. The molecule has 0 aliphatic carbocycles. The van der Waals surface area contributed by atoms with Crippen LogP contribution in [0.4, 0.5) is 5.82 Å². The first kappa shape index (κ1) is 45.9. The SMILES string of the molecule is CC(C)(COP(=O)([O-])OP(=O)([O-])OC[C@H]1O[C@@H](n2cnc3c(N)ncnc32)[C@H](O)[C@@H]1OP(=O)([O-])[O-])[C@@H](O)C(=O)NCCC(=O)NCCSC(=O)CCC[NH3+]. The number of phosphoric ester groups is 3. The quantitative estimate of drug-likeness (QED) is 0.0478. The highest BCUT2D eigenvalue weighted by atomic mass is 32.2. The van der Waals surface area contributed by atoms with Crippen molar-refractivity contribution in [3.8, 4) is 0 Å². The largest absolute Gasteiger partial charge is 0.790 e. The van der Waals surface area contributed by atoms with E-state index in [9.17, 15) is 57.9 Å². The highest BCUT2D eigenvalue weighted by molar-refractivity contribution is 8.13. The second kappa shape index (κ2) is 19.6. The number of quaternary nitrogens is 1. The molecule has 54 heavy (non-hydrogen) atoms. The minimum absolute atomic E-state index is 0.0199. The Morgan fingerprint density at radius 2 is 1.78 bits per heavy atom. The van der Waals surface area contributed by atoms with E-state index >= 15 is 0 Å². The number of aliphatic hydroxyl groups excluding tert-OH is 2. The van der Waals surface area contributed by atoms with Crippen molar-refractivity contribution < 1.29 is 86.2 Å². The van der Waals surface area contributed by atoms with Gasteiger partial charge in [-0.3, -0.25) is 28.1 Å². The highest BCUT2D eigenvalue weighted by Gasteiger charge is 2.47. The van der Waals surface area contributed by atoms with Crippen LogP contribution in [0.1, 0.15) is 39.3 Å². The maximum atomic E-state index is 12.5. The Hall–Kier alpha value is -2.48. The number of nitrogens with one attached hydrogen (secondary N) is 2. The Morgan fingerprint density at radius 1 is 1.09 bits per heavy atom. The van der Waals surface area contributed by atoms with E-state index in [1.54, 1.807) is 0 Å². The van der Waals surface area contributed by atoms with Gasteiger partial charge < -0.3 is 74.8 Å². The number of hydrogen-bond acceptors (Lipinski definition) is 22. The minimum atomic E-state index is -5.91. The van der Waals surface area contributed by atoms with E-state index in [0.29, 0.717) is 25.1 Å². The maximum Gasteiger partial charge on any atom is 0.274 e. The third kappa shape index (κ3) is 13.9. The summed E-state index contributed by atoms with van der Waals surface area (Å²) in [4.78, 5) is 95.4. The predicted octanol–water partition coefficient (Wildman–Crippen LogP) is -4.84. The molecule has 3 rings (SSSR count). The van der Waals surface area contributed by atoms with E-state index in [1.165, 1.54) is 13.8 Å². The zero-order valence-corrected chi connectivity index (χ0v) is 32.2. The van der Waals surface area contributed by atoms with Gasteiger partial charge in [-0.25, -0.2) is 19.3 Å². The molecular weight excluding hydrogens is 809 g/mol. The number of imidazole rings is 1.